The van der Waals surface area contributed by atoms with Gasteiger partial charge in [-0.15, -0.1) is 74.6 Å². The molecule has 0 aliphatic carbocycles. The third-order valence-corrected chi connectivity index (χ3v) is 14.6. The first-order chi connectivity index (χ1) is 36.3. The van der Waals surface area contributed by atoms with Gasteiger partial charge in [-0.25, -0.2) is 0 Å². The van der Waals surface area contributed by atoms with Crippen molar-refractivity contribution in [3.8, 4) is 33.4 Å². The van der Waals surface area contributed by atoms with E-state index in [0.717, 1.165) is 94.2 Å². The zero-order chi connectivity index (χ0) is 57.8. The molecule has 16 heteroatoms. The molecule has 8 aromatic carbocycles. The number of fused-ring (bicyclic) bond motifs is 5. The summed E-state index contributed by atoms with van der Waals surface area (Å²) in [5, 5.41) is 5.83. The second-order valence-corrected chi connectivity index (χ2v) is 26.2. The van der Waals surface area contributed by atoms with Crippen molar-refractivity contribution >= 4 is 58.5 Å². The van der Waals surface area contributed by atoms with E-state index in [4.69, 9.17) is 17.0 Å². The van der Waals surface area contributed by atoms with Gasteiger partial charge in [0.05, 0.1) is 31.8 Å². The Labute approximate surface area is 469 Å². The number of unbranched alkanes of at least 4 members (excludes halogenated alkanes) is 2. The maximum absolute atomic E-state index is 13.5. The number of alkyl halides is 12. The van der Waals surface area contributed by atoms with Gasteiger partial charge in [0.1, 0.15) is 0 Å². The van der Waals surface area contributed by atoms with Crippen LogP contribution in [0.3, 0.4) is 0 Å². The fraction of sp³-hybridized carbons (Fsp3) is 0.323. The van der Waals surface area contributed by atoms with E-state index in [9.17, 15) is 52.7 Å². The summed E-state index contributed by atoms with van der Waals surface area (Å²) in [7, 11) is 10.7. The van der Waals surface area contributed by atoms with E-state index in [1.54, 1.807) is 0 Å². The van der Waals surface area contributed by atoms with Crippen molar-refractivity contribution in [2.75, 3.05) is 0 Å². The van der Waals surface area contributed by atoms with E-state index in [0.29, 0.717) is 33.0 Å². The van der Waals surface area contributed by atoms with Gasteiger partial charge in [-0.05, 0) is 71.2 Å². The predicted molar refractivity (Wildman–Crippen MR) is 292 cm³/mol. The minimum absolute atomic E-state index is 0.0645. The van der Waals surface area contributed by atoms with Crippen molar-refractivity contribution in [2.24, 2.45) is 0 Å². The molecule has 0 nitrogen and oxygen atoms in total. The molecule has 9 rings (SSSR count). The zero-order valence-corrected chi connectivity index (χ0v) is 49.1. The monoisotopic (exact) mass is 1220 g/mol. The van der Waals surface area contributed by atoms with Gasteiger partial charge in [0.2, 0.25) is 0 Å². The summed E-state index contributed by atoms with van der Waals surface area (Å²) in [6.07, 6.45) is -14.0. The van der Waals surface area contributed by atoms with Gasteiger partial charge in [0.15, 0.2) is 0 Å². The van der Waals surface area contributed by atoms with Crippen LogP contribution < -0.4 is 10.4 Å². The number of halogens is 14. The smallest absolute Gasteiger partial charge is 0.0920 e. The summed E-state index contributed by atoms with van der Waals surface area (Å²) in [5.74, 6) is 0. The Morgan fingerprint density at radius 2 is 0.859 bits per heavy atom. The molecule has 78 heavy (non-hydrogen) atoms. The third-order valence-electron chi connectivity index (χ3n) is 13.2. The number of rotatable bonds is 8. The van der Waals surface area contributed by atoms with E-state index >= 15 is 0 Å². The van der Waals surface area contributed by atoms with Gasteiger partial charge in [-0.3, -0.25) is 0 Å². The van der Waals surface area contributed by atoms with Crippen molar-refractivity contribution in [2.45, 2.75) is 129 Å². The van der Waals surface area contributed by atoms with Gasteiger partial charge in [-0.1, -0.05) is 138 Å². The van der Waals surface area contributed by atoms with Crippen molar-refractivity contribution in [3.63, 3.8) is 0 Å². The summed E-state index contributed by atoms with van der Waals surface area (Å²) in [4.78, 5) is 0. The minimum atomic E-state index is -4.88. The summed E-state index contributed by atoms with van der Waals surface area (Å²) >= 11 is -0.826. The fourth-order valence-corrected chi connectivity index (χ4v) is 10.8. The molecule has 2 radical (unpaired) electrons. The van der Waals surface area contributed by atoms with Gasteiger partial charge in [-0.2, -0.15) is 94.3 Å². The SMILES string of the molecule is CCCCc1cc2c(-c3cc(C(F)(F)F)cc(C(F)(F)F)c3)c(C(C)(C)C)ccc2[cH-]1.CCCCc1cc2c(-c3cc(C(F)(F)F)cc(C(F)(F)F)c3)c(C(C)(C)C)ccc2[cH-]1.[Cl][Zr][Cl].[c-]1cccc2c1[Si]c1ccccc1-2. The first-order valence-electron chi connectivity index (χ1n) is 25.2. The van der Waals surface area contributed by atoms with Crippen molar-refractivity contribution in [1.82, 2.24) is 0 Å². The average Bonchev–Trinajstić information content (AvgIpc) is 4.08. The van der Waals surface area contributed by atoms with Crippen LogP contribution in [0, 0.1) is 6.07 Å². The van der Waals surface area contributed by atoms with E-state index in [-0.39, 0.29) is 23.3 Å². The number of hydrogen-bond acceptors (Lipinski definition) is 0. The van der Waals surface area contributed by atoms with Gasteiger partial charge >= 0.3 is 62.6 Å². The van der Waals surface area contributed by atoms with Gasteiger partial charge < -0.3 is 0 Å². The Morgan fingerprint density at radius 1 is 0.487 bits per heavy atom. The van der Waals surface area contributed by atoms with E-state index < -0.39 is 78.6 Å². The average molecular weight is 1220 g/mol. The number of aryl methyl sites for hydroxylation is 2. The minimum Gasteiger partial charge on any atom is -0.184 e. The molecule has 0 saturated heterocycles. The Balaban J connectivity index is 0.000000197. The second-order valence-electron chi connectivity index (χ2n) is 21.2. The van der Waals surface area contributed by atoms with E-state index in [2.05, 4.69) is 56.3 Å². The molecule has 0 amide bonds. The molecule has 1 heterocycles. The van der Waals surface area contributed by atoms with Crippen LogP contribution >= 0.6 is 17.0 Å². The molecule has 414 valence electrons. The van der Waals surface area contributed by atoms with Crippen molar-refractivity contribution < 1.29 is 73.5 Å². The van der Waals surface area contributed by atoms with Gasteiger partial charge in [0.25, 0.3) is 0 Å². The van der Waals surface area contributed by atoms with Crippen LogP contribution in [-0.2, 0) is 69.2 Å². The van der Waals surface area contributed by atoms with E-state index in [1.807, 2.05) is 96.1 Å². The molecule has 0 saturated carbocycles. The van der Waals surface area contributed by atoms with Crippen LogP contribution in [0.5, 0.6) is 0 Å². The Morgan fingerprint density at radius 3 is 1.22 bits per heavy atom. The molecule has 0 spiro atoms. The maximum atomic E-state index is 13.5. The van der Waals surface area contributed by atoms with Gasteiger partial charge in [0, 0.05) is 0 Å². The van der Waals surface area contributed by atoms with Crippen LogP contribution in [0.25, 0.3) is 54.9 Å². The van der Waals surface area contributed by atoms with Crippen LogP contribution in [0.15, 0.2) is 127 Å². The van der Waals surface area contributed by atoms with Crippen LogP contribution in [0.1, 0.15) is 126 Å². The quantitative estimate of drug-likeness (QED) is 0.0808. The summed E-state index contributed by atoms with van der Waals surface area (Å²) in [5.41, 5.74) is 0.847. The number of benzene rings is 6. The van der Waals surface area contributed by atoms with Crippen molar-refractivity contribution in [1.29, 1.82) is 0 Å². The third kappa shape index (κ3) is 15.4. The van der Waals surface area contributed by atoms with Crippen molar-refractivity contribution in [3.05, 3.63) is 178 Å². The fourth-order valence-electron chi connectivity index (χ4n) is 9.54. The van der Waals surface area contributed by atoms with Crippen LogP contribution in [0.2, 0.25) is 0 Å². The Bertz CT molecular complexity index is 3040. The molecule has 0 N–H and O–H groups in total. The zero-order valence-electron chi connectivity index (χ0n) is 44.2. The normalized spacial score (nSPS) is 12.7. The molecule has 0 unspecified atom stereocenters. The standard InChI is InChI=1S/2C25H25F6.C12H7Si.2ClH.Zr/c2*1-5-6-7-15-10-16-8-9-21(23(2,3)4)22(20(16)11-15)17-12-18(24(26,27)28)14-19(13-17)25(29,30)31;1-3-7-11-9(5-1)10-6-2-4-8-12(10)13-11;;;/h2*8-14H,5-7H2,1-4H3;1-7H;2*1H;/q3*-1;;;+2/p-2. The Hall–Kier alpha value is -4.62. The summed E-state index contributed by atoms with van der Waals surface area (Å²) in [6, 6.07) is 37.0. The molecular formula is C62H57Cl2F12SiZr-3. The molecule has 0 atom stereocenters. The second kappa shape index (κ2) is 25.0. The largest absolute Gasteiger partial charge is 0.184 e. The first kappa shape index (κ1) is 62.6. The Kier molecular flexibility index (Phi) is 20.1. The molecule has 1 aliphatic rings. The van der Waals surface area contributed by atoms with E-state index in [1.165, 1.54) is 21.5 Å². The number of hydrogen-bond donors (Lipinski definition) is 0. The molecule has 0 bridgehead atoms. The molecular weight excluding hydrogens is 1160 g/mol. The molecule has 1 aliphatic heterocycles. The maximum Gasteiger partial charge on any atom is 0.0920 e. The van der Waals surface area contributed by atoms with Crippen LogP contribution in [-0.4, -0.2) is 9.52 Å². The van der Waals surface area contributed by atoms with Crippen LogP contribution in [0.4, 0.5) is 52.7 Å². The topological polar surface area (TPSA) is 0 Å². The molecule has 0 aromatic heterocycles. The molecule has 0 fully saturated rings. The summed E-state index contributed by atoms with van der Waals surface area (Å²) in [6.45, 7) is 15.5. The summed E-state index contributed by atoms with van der Waals surface area (Å²) < 4.78 is 162. The predicted octanol–water partition coefficient (Wildman–Crippen LogP) is 20.3. The molecule has 8 aromatic rings. The first-order valence-corrected chi connectivity index (χ1v) is 32.5.